The van der Waals surface area contributed by atoms with Crippen LogP contribution in [0.1, 0.15) is 15.2 Å². The summed E-state index contributed by atoms with van der Waals surface area (Å²) in [4.78, 5) is 34.5. The van der Waals surface area contributed by atoms with Gasteiger partial charge in [-0.05, 0) is 36.8 Å². The van der Waals surface area contributed by atoms with E-state index in [9.17, 15) is 24.1 Å². The lowest BCUT2D eigenvalue weighted by atomic mass is 10.2. The number of carbonyl (C=O) groups excluding carboxylic acids is 2. The van der Waals surface area contributed by atoms with Crippen LogP contribution in [0.2, 0.25) is 0 Å². The molecule has 1 aromatic heterocycles. The first-order valence-electron chi connectivity index (χ1n) is 7.74. The highest BCUT2D eigenvalue weighted by molar-refractivity contribution is 7.20. The average Bonchev–Trinajstić information content (AvgIpc) is 3.06. The number of nitro groups is 1. The molecule has 0 saturated carbocycles. The molecule has 1 heterocycles. The van der Waals surface area contributed by atoms with E-state index in [1.165, 1.54) is 36.4 Å². The highest BCUT2D eigenvalue weighted by atomic mass is 32.1. The first kappa shape index (κ1) is 18.5. The van der Waals surface area contributed by atoms with Gasteiger partial charge in [-0.3, -0.25) is 14.9 Å². The van der Waals surface area contributed by atoms with Gasteiger partial charge in [0.25, 0.3) is 11.6 Å². The van der Waals surface area contributed by atoms with Crippen LogP contribution < -0.4 is 5.32 Å². The second-order valence-corrected chi connectivity index (χ2v) is 6.76. The second-order valence-electron chi connectivity index (χ2n) is 5.68. The van der Waals surface area contributed by atoms with Crippen molar-refractivity contribution < 1.29 is 23.6 Å². The Morgan fingerprint density at radius 2 is 2.00 bits per heavy atom. The Morgan fingerprint density at radius 1 is 1.22 bits per heavy atom. The number of thiophene rings is 1. The molecule has 0 radical (unpaired) electrons. The number of non-ortho nitro benzene ring substituents is 1. The number of benzene rings is 2. The van der Waals surface area contributed by atoms with E-state index >= 15 is 0 Å². The number of ether oxygens (including phenoxy) is 1. The maximum atomic E-state index is 13.5. The molecule has 2 aromatic carbocycles. The summed E-state index contributed by atoms with van der Waals surface area (Å²) in [5.74, 6) is -1.78. The van der Waals surface area contributed by atoms with Crippen LogP contribution in [0.15, 0.2) is 42.5 Å². The number of nitrogens with zero attached hydrogens (tertiary/aromatic N) is 1. The number of halogens is 1. The number of anilines is 1. The van der Waals surface area contributed by atoms with Crippen molar-refractivity contribution in [3.8, 4) is 0 Å². The predicted octanol–water partition coefficient (Wildman–Crippen LogP) is 4.05. The molecule has 9 heteroatoms. The van der Waals surface area contributed by atoms with Crippen LogP contribution in [0.5, 0.6) is 0 Å². The van der Waals surface area contributed by atoms with E-state index in [0.717, 1.165) is 11.3 Å². The molecule has 3 aromatic rings. The molecular weight excluding hydrogens is 375 g/mol. The zero-order valence-corrected chi connectivity index (χ0v) is 14.8. The fraction of sp³-hybridized carbons (Fsp3) is 0.111. The van der Waals surface area contributed by atoms with Gasteiger partial charge in [-0.15, -0.1) is 11.3 Å². The number of hydrogen-bond acceptors (Lipinski definition) is 6. The number of esters is 1. The minimum atomic E-state index is -0.718. The number of carbonyl (C=O) groups is 2. The maximum absolute atomic E-state index is 13.5. The molecule has 0 aliphatic heterocycles. The minimum absolute atomic E-state index is 0.0788. The van der Waals surface area contributed by atoms with Gasteiger partial charge in [-0.1, -0.05) is 6.07 Å². The number of fused-ring (bicyclic) bond motifs is 1. The van der Waals surface area contributed by atoms with Crippen molar-refractivity contribution in [2.75, 3.05) is 11.9 Å². The van der Waals surface area contributed by atoms with Crippen LogP contribution in [0.25, 0.3) is 10.1 Å². The monoisotopic (exact) mass is 388 g/mol. The summed E-state index contributed by atoms with van der Waals surface area (Å²) in [6.45, 7) is 1.06. The van der Waals surface area contributed by atoms with Crippen molar-refractivity contribution in [3.05, 3.63) is 68.8 Å². The maximum Gasteiger partial charge on any atom is 0.348 e. The Hall–Kier alpha value is -3.33. The van der Waals surface area contributed by atoms with Crippen LogP contribution >= 0.6 is 11.3 Å². The van der Waals surface area contributed by atoms with Gasteiger partial charge in [-0.2, -0.15) is 0 Å². The third-order valence-corrected chi connectivity index (χ3v) is 4.80. The van der Waals surface area contributed by atoms with Crippen molar-refractivity contribution in [2.45, 2.75) is 6.92 Å². The standard InChI is InChI=1S/C18H13FN2O5S/c1-10-2-3-12(8-14(10)19)20-17(22)9-26-18(23)16-7-11-6-13(21(24)25)4-5-15(11)27-16/h2-8H,9H2,1H3,(H,20,22). The Labute approximate surface area is 156 Å². The topological polar surface area (TPSA) is 98.5 Å². The van der Waals surface area contributed by atoms with Gasteiger partial charge in [0.1, 0.15) is 10.7 Å². The molecule has 0 saturated heterocycles. The Balaban J connectivity index is 1.63. The summed E-state index contributed by atoms with van der Waals surface area (Å²) in [7, 11) is 0. The van der Waals surface area contributed by atoms with Gasteiger partial charge < -0.3 is 10.1 Å². The summed E-state index contributed by atoms with van der Waals surface area (Å²) in [5.41, 5.74) is 0.627. The molecule has 3 rings (SSSR count). The van der Waals surface area contributed by atoms with Gasteiger partial charge >= 0.3 is 5.97 Å². The third kappa shape index (κ3) is 4.26. The average molecular weight is 388 g/mol. The van der Waals surface area contributed by atoms with E-state index in [1.54, 1.807) is 13.0 Å². The Morgan fingerprint density at radius 3 is 2.70 bits per heavy atom. The number of hydrogen-bond donors (Lipinski definition) is 1. The summed E-state index contributed by atoms with van der Waals surface area (Å²) < 4.78 is 19.1. The van der Waals surface area contributed by atoms with Crippen molar-refractivity contribution in [3.63, 3.8) is 0 Å². The van der Waals surface area contributed by atoms with E-state index in [0.29, 0.717) is 15.6 Å². The molecule has 0 fully saturated rings. The number of nitrogens with one attached hydrogen (secondary N) is 1. The SMILES string of the molecule is Cc1ccc(NC(=O)COC(=O)c2cc3cc([N+](=O)[O-])ccc3s2)cc1F. The highest BCUT2D eigenvalue weighted by Gasteiger charge is 2.16. The summed E-state index contributed by atoms with van der Waals surface area (Å²) in [5, 5.41) is 13.8. The van der Waals surface area contributed by atoms with Gasteiger partial charge in [0.05, 0.1) is 4.92 Å². The molecule has 1 amide bonds. The number of nitro benzene ring substituents is 1. The van der Waals surface area contributed by atoms with Gasteiger partial charge in [0, 0.05) is 27.9 Å². The van der Waals surface area contributed by atoms with Gasteiger partial charge in [-0.25, -0.2) is 9.18 Å². The lowest BCUT2D eigenvalue weighted by molar-refractivity contribution is -0.384. The summed E-state index contributed by atoms with van der Waals surface area (Å²) in [6.07, 6.45) is 0. The highest BCUT2D eigenvalue weighted by Crippen LogP contribution is 2.29. The first-order chi connectivity index (χ1) is 12.8. The zero-order chi connectivity index (χ0) is 19.6. The third-order valence-electron chi connectivity index (χ3n) is 3.70. The molecule has 0 bridgehead atoms. The molecule has 138 valence electrons. The molecular formula is C18H13FN2O5S. The van der Waals surface area contributed by atoms with Crippen LogP contribution in [-0.4, -0.2) is 23.4 Å². The van der Waals surface area contributed by atoms with E-state index in [4.69, 9.17) is 4.74 Å². The lowest BCUT2D eigenvalue weighted by Crippen LogP contribution is -2.20. The van der Waals surface area contributed by atoms with Crippen LogP contribution in [0.4, 0.5) is 15.8 Å². The van der Waals surface area contributed by atoms with E-state index in [-0.39, 0.29) is 16.3 Å². The van der Waals surface area contributed by atoms with Gasteiger partial charge in [0.2, 0.25) is 0 Å². The number of rotatable bonds is 5. The van der Waals surface area contributed by atoms with Crippen molar-refractivity contribution in [1.29, 1.82) is 0 Å². The molecule has 1 N–H and O–H groups in total. The Bertz CT molecular complexity index is 1060. The van der Waals surface area contributed by atoms with Crippen LogP contribution in [-0.2, 0) is 9.53 Å². The molecule has 27 heavy (non-hydrogen) atoms. The fourth-order valence-electron chi connectivity index (χ4n) is 2.31. The zero-order valence-electron chi connectivity index (χ0n) is 14.0. The smallest absolute Gasteiger partial charge is 0.348 e. The normalized spacial score (nSPS) is 10.6. The number of amides is 1. The van der Waals surface area contributed by atoms with E-state index in [2.05, 4.69) is 5.32 Å². The minimum Gasteiger partial charge on any atom is -0.451 e. The largest absolute Gasteiger partial charge is 0.451 e. The predicted molar refractivity (Wildman–Crippen MR) is 98.5 cm³/mol. The molecule has 0 spiro atoms. The fourth-order valence-corrected chi connectivity index (χ4v) is 3.25. The second kappa shape index (κ2) is 7.50. The number of aryl methyl sites for hydroxylation is 1. The van der Waals surface area contributed by atoms with Gasteiger partial charge in [0.15, 0.2) is 6.61 Å². The quantitative estimate of drug-likeness (QED) is 0.404. The lowest BCUT2D eigenvalue weighted by Gasteiger charge is -2.06. The van der Waals surface area contributed by atoms with Crippen LogP contribution in [0.3, 0.4) is 0 Å². The van der Waals surface area contributed by atoms with Crippen LogP contribution in [0, 0.1) is 22.9 Å². The van der Waals surface area contributed by atoms with Crippen molar-refractivity contribution in [1.82, 2.24) is 0 Å². The first-order valence-corrected chi connectivity index (χ1v) is 8.56. The Kier molecular flexibility index (Phi) is 5.13. The molecule has 0 aliphatic rings. The van der Waals surface area contributed by atoms with E-state index in [1.807, 2.05) is 0 Å². The summed E-state index contributed by atoms with van der Waals surface area (Å²) >= 11 is 1.11. The summed E-state index contributed by atoms with van der Waals surface area (Å²) in [6, 6.07) is 9.97. The molecule has 0 unspecified atom stereocenters. The molecule has 0 aliphatic carbocycles. The van der Waals surface area contributed by atoms with Crippen molar-refractivity contribution >= 4 is 44.7 Å². The van der Waals surface area contributed by atoms with E-state index < -0.39 is 29.2 Å². The molecule has 7 nitrogen and oxygen atoms in total. The van der Waals surface area contributed by atoms with Crippen molar-refractivity contribution in [2.24, 2.45) is 0 Å². The molecule has 0 atom stereocenters.